The molecule has 9 heteroatoms. The molecule has 1 aromatic heterocycles. The third kappa shape index (κ3) is 5.98. The van der Waals surface area contributed by atoms with Gasteiger partial charge in [-0.3, -0.25) is 4.52 Å². The normalized spacial score (nSPS) is 13.2. The maximum Gasteiger partial charge on any atom is 0.469 e. The number of hydrogen-bond acceptors (Lipinski definition) is 6. The number of phosphoric acid groups is 1. The molecule has 7 nitrogen and oxygen atoms in total. The maximum absolute atomic E-state index is 10.8. The van der Waals surface area contributed by atoms with E-state index in [4.69, 9.17) is 20.3 Å². The average molecular weight is 438 g/mol. The molecule has 3 aromatic rings. The standard InChI is InChI=1S/C20H27N2O5PS/c1-2-3-10-26-20-22-18-9-7-15-12-14(6-8-17(15)19(18)29-20)16(13-21)5-4-11-27-28(23,24)25/h6-9,12,16H,2-5,10-11,13,21H2,1H3,(H2,23,24,25)/t16-/m0/s1. The number of unbranched alkanes of at least 4 members (excludes halogenated alkanes) is 1. The molecule has 0 radical (unpaired) electrons. The summed E-state index contributed by atoms with van der Waals surface area (Å²) in [6, 6.07) is 10.4. The number of aromatic nitrogens is 1. The summed E-state index contributed by atoms with van der Waals surface area (Å²) in [6.45, 7) is 3.28. The molecule has 0 saturated carbocycles. The second-order valence-corrected chi connectivity index (χ2v) is 9.18. The van der Waals surface area contributed by atoms with Crippen LogP contribution in [0, 0.1) is 0 Å². The highest BCUT2D eigenvalue weighted by Gasteiger charge is 2.16. The molecule has 4 N–H and O–H groups in total. The Balaban J connectivity index is 1.76. The molecule has 0 unspecified atom stereocenters. The van der Waals surface area contributed by atoms with Gasteiger partial charge in [0, 0.05) is 5.39 Å². The largest absolute Gasteiger partial charge is 0.470 e. The highest BCUT2D eigenvalue weighted by Crippen LogP contribution is 2.37. The summed E-state index contributed by atoms with van der Waals surface area (Å²) in [4.78, 5) is 22.1. The van der Waals surface area contributed by atoms with Gasteiger partial charge in [-0.1, -0.05) is 48.9 Å². The van der Waals surface area contributed by atoms with Gasteiger partial charge in [-0.15, -0.1) is 0 Å². The highest BCUT2D eigenvalue weighted by molar-refractivity contribution is 7.46. The number of nitrogens with two attached hydrogens (primary N) is 1. The first-order chi connectivity index (χ1) is 13.9. The van der Waals surface area contributed by atoms with E-state index in [-0.39, 0.29) is 12.5 Å². The van der Waals surface area contributed by atoms with Crippen LogP contribution in [-0.2, 0) is 9.09 Å². The van der Waals surface area contributed by atoms with Crippen LogP contribution in [0.1, 0.15) is 44.1 Å². The minimum absolute atomic E-state index is 0.0106. The van der Waals surface area contributed by atoms with E-state index in [1.807, 2.05) is 6.07 Å². The summed E-state index contributed by atoms with van der Waals surface area (Å²) in [5.74, 6) is 0.102. The predicted molar refractivity (Wildman–Crippen MR) is 117 cm³/mol. The van der Waals surface area contributed by atoms with Crippen molar-refractivity contribution in [2.24, 2.45) is 5.73 Å². The summed E-state index contributed by atoms with van der Waals surface area (Å²) in [5, 5.41) is 2.95. The molecule has 0 amide bonds. The smallest absolute Gasteiger partial charge is 0.469 e. The van der Waals surface area contributed by atoms with Crippen LogP contribution < -0.4 is 10.5 Å². The van der Waals surface area contributed by atoms with Crippen LogP contribution >= 0.6 is 19.2 Å². The van der Waals surface area contributed by atoms with Crippen molar-refractivity contribution in [3.63, 3.8) is 0 Å². The predicted octanol–water partition coefficient (Wildman–Crippen LogP) is 4.56. The van der Waals surface area contributed by atoms with Gasteiger partial charge in [0.1, 0.15) is 0 Å². The first kappa shape index (κ1) is 22.2. The van der Waals surface area contributed by atoms with Gasteiger partial charge in [-0.05, 0) is 48.7 Å². The number of thiazole rings is 1. The molecule has 0 fully saturated rings. The van der Waals surface area contributed by atoms with Crippen LogP contribution in [0.15, 0.2) is 30.3 Å². The molecule has 1 atom stereocenters. The third-order valence-corrected chi connectivity index (χ3v) is 6.35. The number of nitrogens with zero attached hydrogens (tertiary/aromatic N) is 1. The van der Waals surface area contributed by atoms with E-state index in [9.17, 15) is 4.57 Å². The molecular weight excluding hydrogens is 411 g/mol. The van der Waals surface area contributed by atoms with Crippen LogP contribution in [0.3, 0.4) is 0 Å². The van der Waals surface area contributed by atoms with Crippen molar-refractivity contribution in [1.82, 2.24) is 4.98 Å². The molecule has 29 heavy (non-hydrogen) atoms. The van der Waals surface area contributed by atoms with Gasteiger partial charge in [-0.25, -0.2) is 9.55 Å². The van der Waals surface area contributed by atoms with Gasteiger partial charge in [0.15, 0.2) is 0 Å². The van der Waals surface area contributed by atoms with Gasteiger partial charge in [0.25, 0.3) is 5.19 Å². The monoisotopic (exact) mass is 438 g/mol. The molecule has 0 bridgehead atoms. The van der Waals surface area contributed by atoms with E-state index in [0.717, 1.165) is 39.4 Å². The summed E-state index contributed by atoms with van der Waals surface area (Å²) >= 11 is 1.57. The van der Waals surface area contributed by atoms with Gasteiger partial charge in [-0.2, -0.15) is 0 Å². The highest BCUT2D eigenvalue weighted by atomic mass is 32.1. The molecular formula is C20H27N2O5PS. The maximum atomic E-state index is 10.8. The van der Waals surface area contributed by atoms with Crippen molar-refractivity contribution < 1.29 is 23.6 Å². The molecule has 3 rings (SSSR count). The van der Waals surface area contributed by atoms with Crippen molar-refractivity contribution in [1.29, 1.82) is 0 Å². The summed E-state index contributed by atoms with van der Waals surface area (Å²) in [6.07, 6.45) is 3.32. The topological polar surface area (TPSA) is 115 Å². The fourth-order valence-electron chi connectivity index (χ4n) is 3.27. The van der Waals surface area contributed by atoms with Crippen LogP contribution in [0.25, 0.3) is 21.0 Å². The lowest BCUT2D eigenvalue weighted by Crippen LogP contribution is -2.13. The van der Waals surface area contributed by atoms with Gasteiger partial charge in [0.05, 0.1) is 23.4 Å². The number of rotatable bonds is 11. The summed E-state index contributed by atoms with van der Waals surface area (Å²) in [5.41, 5.74) is 8.00. The van der Waals surface area contributed by atoms with Crippen LogP contribution in [0.4, 0.5) is 0 Å². The van der Waals surface area contributed by atoms with Crippen molar-refractivity contribution in [2.45, 2.75) is 38.5 Å². The molecule has 0 aliphatic rings. The molecule has 0 saturated heterocycles. The van der Waals surface area contributed by atoms with E-state index in [1.54, 1.807) is 11.3 Å². The number of ether oxygens (including phenoxy) is 1. The van der Waals surface area contributed by atoms with Crippen LogP contribution in [0.5, 0.6) is 5.19 Å². The van der Waals surface area contributed by atoms with Crippen molar-refractivity contribution in [3.8, 4) is 5.19 Å². The van der Waals surface area contributed by atoms with Gasteiger partial charge < -0.3 is 20.3 Å². The van der Waals surface area contributed by atoms with Crippen LogP contribution in [0.2, 0.25) is 0 Å². The Labute approximate surface area is 174 Å². The zero-order valence-corrected chi connectivity index (χ0v) is 18.1. The molecule has 0 aliphatic carbocycles. The fraction of sp³-hybridized carbons (Fsp3) is 0.450. The van der Waals surface area contributed by atoms with Crippen molar-refractivity contribution >= 4 is 40.1 Å². The number of benzene rings is 2. The Morgan fingerprint density at radius 1 is 1.21 bits per heavy atom. The molecule has 0 aliphatic heterocycles. The molecule has 1 heterocycles. The van der Waals surface area contributed by atoms with Crippen LogP contribution in [-0.4, -0.2) is 34.5 Å². The van der Waals surface area contributed by atoms with E-state index in [1.165, 1.54) is 0 Å². The van der Waals surface area contributed by atoms with E-state index in [0.29, 0.717) is 31.2 Å². The van der Waals surface area contributed by atoms with Gasteiger partial charge in [0.2, 0.25) is 0 Å². The zero-order chi connectivity index (χ0) is 20.9. The lowest BCUT2D eigenvalue weighted by Gasteiger charge is -2.16. The zero-order valence-electron chi connectivity index (χ0n) is 16.4. The Kier molecular flexibility index (Phi) is 7.62. The SMILES string of the molecule is CCCCOc1nc2ccc3cc([C@H](CN)CCCOP(=O)(O)O)ccc3c2s1. The number of hydrogen-bond donors (Lipinski definition) is 3. The lowest BCUT2D eigenvalue weighted by atomic mass is 9.92. The first-order valence-corrected chi connectivity index (χ1v) is 12.1. The van der Waals surface area contributed by atoms with E-state index < -0.39 is 7.82 Å². The number of fused-ring (bicyclic) bond motifs is 3. The summed E-state index contributed by atoms with van der Waals surface area (Å²) in [7, 11) is -4.42. The quantitative estimate of drug-likeness (QED) is 0.297. The fourth-order valence-corrected chi connectivity index (χ4v) is 4.61. The average Bonchev–Trinajstić information content (AvgIpc) is 3.10. The van der Waals surface area contributed by atoms with Gasteiger partial charge >= 0.3 is 7.82 Å². The Morgan fingerprint density at radius 2 is 2.03 bits per heavy atom. The molecule has 2 aromatic carbocycles. The second-order valence-electron chi connectivity index (χ2n) is 6.97. The lowest BCUT2D eigenvalue weighted by molar-refractivity contribution is 0.192. The van der Waals surface area contributed by atoms with Crippen molar-refractivity contribution in [3.05, 3.63) is 35.9 Å². The Bertz CT molecular complexity index is 1000. The minimum atomic E-state index is -4.42. The summed E-state index contributed by atoms with van der Waals surface area (Å²) < 4.78 is 22.2. The third-order valence-electron chi connectivity index (χ3n) is 4.81. The van der Waals surface area contributed by atoms with Crippen molar-refractivity contribution in [2.75, 3.05) is 19.8 Å². The minimum Gasteiger partial charge on any atom is -0.470 e. The molecule has 0 spiro atoms. The molecule has 158 valence electrons. The van der Waals surface area contributed by atoms with E-state index >= 15 is 0 Å². The van der Waals surface area contributed by atoms with E-state index in [2.05, 4.69) is 40.7 Å². The number of phosphoric ester groups is 1. The first-order valence-electron chi connectivity index (χ1n) is 9.77. The second kappa shape index (κ2) is 9.98. The Hall–Kier alpha value is -1.54. The Morgan fingerprint density at radius 3 is 2.76 bits per heavy atom.